The van der Waals surface area contributed by atoms with Crippen molar-refractivity contribution in [3.05, 3.63) is 59.9 Å². The highest BCUT2D eigenvalue weighted by molar-refractivity contribution is 5.96. The second kappa shape index (κ2) is 11.7. The van der Waals surface area contributed by atoms with Crippen molar-refractivity contribution in [3.63, 3.8) is 0 Å². The van der Waals surface area contributed by atoms with Crippen LogP contribution in [0.4, 0.5) is 4.39 Å². The maximum absolute atomic E-state index is 12.9. The number of carbonyl (C=O) groups is 2. The fourth-order valence-electron chi connectivity index (χ4n) is 2.62. The zero-order valence-corrected chi connectivity index (χ0v) is 16.8. The zero-order chi connectivity index (χ0) is 21.1. The van der Waals surface area contributed by atoms with E-state index in [9.17, 15) is 14.0 Å². The molecule has 1 N–H and O–H groups in total. The Labute approximate surface area is 170 Å². The molecule has 0 spiro atoms. The lowest BCUT2D eigenvalue weighted by Crippen LogP contribution is -2.32. The largest absolute Gasteiger partial charge is 0.493 e. The molecule has 2 rings (SSSR count). The summed E-state index contributed by atoms with van der Waals surface area (Å²) in [4.78, 5) is 26.0. The first-order chi connectivity index (χ1) is 14.0. The summed E-state index contributed by atoms with van der Waals surface area (Å²) in [6.45, 7) is 3.48. The van der Waals surface area contributed by atoms with Crippen LogP contribution in [0.3, 0.4) is 0 Å². The minimum absolute atomic E-state index is 0.0309. The second-order valence-electron chi connectivity index (χ2n) is 6.41. The number of benzene rings is 2. The summed E-state index contributed by atoms with van der Waals surface area (Å²) < 4.78 is 23.8. The predicted molar refractivity (Wildman–Crippen MR) is 109 cm³/mol. The molecule has 2 amide bonds. The summed E-state index contributed by atoms with van der Waals surface area (Å²) in [5, 5.41) is 2.82. The molecule has 0 aromatic heterocycles. The molecule has 0 aliphatic rings. The fourth-order valence-corrected chi connectivity index (χ4v) is 2.62. The molecule has 2 aromatic rings. The number of nitrogens with zero attached hydrogens (tertiary/aromatic N) is 1. The maximum Gasteiger partial charge on any atom is 0.255 e. The van der Waals surface area contributed by atoms with E-state index in [1.807, 2.05) is 13.0 Å². The topological polar surface area (TPSA) is 67.9 Å². The minimum Gasteiger partial charge on any atom is -0.493 e. The van der Waals surface area contributed by atoms with E-state index in [0.717, 1.165) is 0 Å². The summed E-state index contributed by atoms with van der Waals surface area (Å²) in [5.41, 5.74) is 0.482. The lowest BCUT2D eigenvalue weighted by Gasteiger charge is -2.17. The Balaban J connectivity index is 1.65. The normalized spacial score (nSPS) is 10.3. The zero-order valence-electron chi connectivity index (χ0n) is 16.8. The van der Waals surface area contributed by atoms with Gasteiger partial charge in [-0.2, -0.15) is 0 Å². The molecule has 2 aromatic carbocycles. The highest BCUT2D eigenvalue weighted by Crippen LogP contribution is 2.17. The van der Waals surface area contributed by atoms with Crippen LogP contribution in [0.1, 0.15) is 30.1 Å². The van der Waals surface area contributed by atoms with E-state index in [2.05, 4.69) is 5.32 Å². The lowest BCUT2D eigenvalue weighted by molar-refractivity contribution is -0.130. The molecule has 29 heavy (non-hydrogen) atoms. The average molecular weight is 402 g/mol. The number of halogens is 1. The molecular formula is C22H27FN2O4. The van der Waals surface area contributed by atoms with Crippen LogP contribution in [0.5, 0.6) is 11.5 Å². The lowest BCUT2D eigenvalue weighted by atomic mass is 10.2. The molecule has 0 aliphatic carbocycles. The van der Waals surface area contributed by atoms with Gasteiger partial charge in [0.15, 0.2) is 0 Å². The SMILES string of the molecule is CCOc1ccccc1C(=O)NCCCC(=O)N(C)CCOc1ccc(F)cc1. The highest BCUT2D eigenvalue weighted by Gasteiger charge is 2.12. The van der Waals surface area contributed by atoms with Gasteiger partial charge in [0, 0.05) is 20.0 Å². The molecular weight excluding hydrogens is 375 g/mol. The van der Waals surface area contributed by atoms with E-state index < -0.39 is 0 Å². The van der Waals surface area contributed by atoms with Crippen molar-refractivity contribution in [1.29, 1.82) is 0 Å². The Morgan fingerprint density at radius 3 is 2.52 bits per heavy atom. The third-order valence-electron chi connectivity index (χ3n) is 4.22. The van der Waals surface area contributed by atoms with Gasteiger partial charge in [-0.05, 0) is 49.7 Å². The Kier molecular flexibility index (Phi) is 8.95. The molecule has 6 nitrogen and oxygen atoms in total. The van der Waals surface area contributed by atoms with Gasteiger partial charge in [0.05, 0.1) is 18.7 Å². The van der Waals surface area contributed by atoms with Gasteiger partial charge in [0.2, 0.25) is 5.91 Å². The molecule has 0 fully saturated rings. The van der Waals surface area contributed by atoms with Crippen molar-refractivity contribution < 1.29 is 23.5 Å². The first-order valence-corrected chi connectivity index (χ1v) is 9.63. The van der Waals surface area contributed by atoms with Crippen LogP contribution in [0.15, 0.2) is 48.5 Å². The molecule has 156 valence electrons. The van der Waals surface area contributed by atoms with Crippen molar-refractivity contribution in [3.8, 4) is 11.5 Å². The van der Waals surface area contributed by atoms with E-state index in [1.54, 1.807) is 42.3 Å². The van der Waals surface area contributed by atoms with Gasteiger partial charge in [0.1, 0.15) is 23.9 Å². The second-order valence-corrected chi connectivity index (χ2v) is 6.41. The third-order valence-corrected chi connectivity index (χ3v) is 4.22. The van der Waals surface area contributed by atoms with Gasteiger partial charge in [-0.15, -0.1) is 0 Å². The van der Waals surface area contributed by atoms with E-state index in [1.165, 1.54) is 12.1 Å². The molecule has 0 saturated heterocycles. The first kappa shape index (κ1) is 22.2. The average Bonchev–Trinajstić information content (AvgIpc) is 2.73. The van der Waals surface area contributed by atoms with Gasteiger partial charge < -0.3 is 19.7 Å². The molecule has 0 saturated carbocycles. The van der Waals surface area contributed by atoms with Gasteiger partial charge >= 0.3 is 0 Å². The first-order valence-electron chi connectivity index (χ1n) is 9.63. The fraction of sp³-hybridized carbons (Fsp3) is 0.364. The molecule has 0 radical (unpaired) electrons. The van der Waals surface area contributed by atoms with Gasteiger partial charge in [0.25, 0.3) is 5.91 Å². The van der Waals surface area contributed by atoms with Crippen LogP contribution in [0.2, 0.25) is 0 Å². The number of amides is 2. The molecule has 0 unspecified atom stereocenters. The standard InChI is InChI=1S/C22H27FN2O4/c1-3-28-20-8-5-4-7-19(20)22(27)24-14-6-9-21(26)25(2)15-16-29-18-12-10-17(23)11-13-18/h4-5,7-8,10-13H,3,6,9,14-16H2,1-2H3,(H,24,27). The Morgan fingerprint density at radius 2 is 1.79 bits per heavy atom. The number of ether oxygens (including phenoxy) is 2. The number of para-hydroxylation sites is 1. The van der Waals surface area contributed by atoms with Gasteiger partial charge in [-0.25, -0.2) is 4.39 Å². The van der Waals surface area contributed by atoms with Crippen molar-refractivity contribution in [2.45, 2.75) is 19.8 Å². The molecule has 0 aliphatic heterocycles. The Bertz CT molecular complexity index is 796. The predicted octanol–water partition coefficient (Wildman–Crippen LogP) is 3.27. The number of nitrogens with one attached hydrogen (secondary N) is 1. The molecule has 0 atom stereocenters. The molecule has 0 bridgehead atoms. The van der Waals surface area contributed by atoms with E-state index in [4.69, 9.17) is 9.47 Å². The van der Waals surface area contributed by atoms with E-state index in [0.29, 0.717) is 56.2 Å². The number of likely N-dealkylation sites (N-methyl/N-ethyl adjacent to an activating group) is 1. The Hall–Kier alpha value is -3.09. The van der Waals surface area contributed by atoms with Crippen LogP contribution >= 0.6 is 0 Å². The number of rotatable bonds is 11. The quantitative estimate of drug-likeness (QED) is 0.586. The number of hydrogen-bond acceptors (Lipinski definition) is 4. The highest BCUT2D eigenvalue weighted by atomic mass is 19.1. The molecule has 7 heteroatoms. The van der Waals surface area contributed by atoms with Crippen molar-refractivity contribution in [2.24, 2.45) is 0 Å². The van der Waals surface area contributed by atoms with Crippen LogP contribution in [0.25, 0.3) is 0 Å². The van der Waals surface area contributed by atoms with Gasteiger partial charge in [-0.3, -0.25) is 9.59 Å². The van der Waals surface area contributed by atoms with Crippen LogP contribution < -0.4 is 14.8 Å². The van der Waals surface area contributed by atoms with Crippen LogP contribution in [0, 0.1) is 5.82 Å². The van der Waals surface area contributed by atoms with Crippen molar-refractivity contribution >= 4 is 11.8 Å². The maximum atomic E-state index is 12.9. The van der Waals surface area contributed by atoms with Gasteiger partial charge in [-0.1, -0.05) is 12.1 Å². The minimum atomic E-state index is -0.321. The van der Waals surface area contributed by atoms with Crippen LogP contribution in [-0.4, -0.2) is 50.1 Å². The van der Waals surface area contributed by atoms with Crippen LogP contribution in [-0.2, 0) is 4.79 Å². The van der Waals surface area contributed by atoms with Crippen molar-refractivity contribution in [1.82, 2.24) is 10.2 Å². The van der Waals surface area contributed by atoms with E-state index in [-0.39, 0.29) is 17.6 Å². The summed E-state index contributed by atoms with van der Waals surface area (Å²) in [6.07, 6.45) is 0.852. The number of hydrogen-bond donors (Lipinski definition) is 1. The Morgan fingerprint density at radius 1 is 1.07 bits per heavy atom. The van der Waals surface area contributed by atoms with E-state index >= 15 is 0 Å². The summed E-state index contributed by atoms with van der Waals surface area (Å²) in [6, 6.07) is 12.8. The van der Waals surface area contributed by atoms with Crippen molar-refractivity contribution in [2.75, 3.05) is 33.4 Å². The summed E-state index contributed by atoms with van der Waals surface area (Å²) >= 11 is 0. The monoisotopic (exact) mass is 402 g/mol. The summed E-state index contributed by atoms with van der Waals surface area (Å²) in [7, 11) is 1.70. The molecule has 0 heterocycles. The smallest absolute Gasteiger partial charge is 0.255 e. The summed E-state index contributed by atoms with van der Waals surface area (Å²) in [5.74, 6) is 0.532. The number of carbonyl (C=O) groups excluding carboxylic acids is 2. The third kappa shape index (κ3) is 7.44.